The van der Waals surface area contributed by atoms with Gasteiger partial charge in [0.1, 0.15) is 11.5 Å². The topological polar surface area (TPSA) is 104 Å². The maximum atomic E-state index is 15.4. The molecule has 0 radical (unpaired) electrons. The zero-order valence-corrected chi connectivity index (χ0v) is 23.7. The molecule has 1 aliphatic carbocycles. The molecule has 5 rings (SSSR count). The van der Waals surface area contributed by atoms with Crippen LogP contribution < -0.4 is 9.80 Å². The molecule has 1 aromatic carbocycles. The van der Waals surface area contributed by atoms with Crippen molar-refractivity contribution in [3.05, 3.63) is 46.7 Å². The Balaban J connectivity index is 1.42. The average molecular weight is 585 g/mol. The van der Waals surface area contributed by atoms with Crippen LogP contribution in [0.1, 0.15) is 51.4 Å². The molecule has 2 aliphatic rings. The van der Waals surface area contributed by atoms with Gasteiger partial charge in [-0.25, -0.2) is 9.97 Å². The first-order chi connectivity index (χ1) is 19.2. The van der Waals surface area contributed by atoms with Gasteiger partial charge in [0.05, 0.1) is 6.42 Å². The van der Waals surface area contributed by atoms with Crippen LogP contribution >= 0.6 is 22.9 Å². The summed E-state index contributed by atoms with van der Waals surface area (Å²) < 4.78 is 15.4. The summed E-state index contributed by atoms with van der Waals surface area (Å²) in [7, 11) is 1.51. The molecule has 1 N–H and O–H groups in total. The Hall–Kier alpha value is -3.37. The van der Waals surface area contributed by atoms with Gasteiger partial charge in [-0.2, -0.15) is 4.39 Å². The van der Waals surface area contributed by atoms with E-state index in [1.54, 1.807) is 35.4 Å². The van der Waals surface area contributed by atoms with Gasteiger partial charge in [-0.1, -0.05) is 54.7 Å². The Kier molecular flexibility index (Phi) is 8.46. The highest BCUT2D eigenvalue weighted by Crippen LogP contribution is 2.40. The van der Waals surface area contributed by atoms with E-state index >= 15 is 4.39 Å². The van der Waals surface area contributed by atoms with E-state index in [1.807, 2.05) is 6.07 Å². The Bertz CT molecular complexity index is 1420. The standard InChI is InChI=1S/C29H30ClFN4O4S/c1-34(28(39)19(14-25(37)38)13-17-5-2-3-6-17)29-33-26(27(31)40-29)22-15-20(30)9-10-21(22)18-8-11-23(32-16-18)35-12-4-7-24(35)36/h8-11,15-17,19H,2-7,12-14H2,1H3,(H,37,38). The van der Waals surface area contributed by atoms with Gasteiger partial charge in [0.25, 0.3) is 0 Å². The van der Waals surface area contributed by atoms with Crippen molar-refractivity contribution in [3.63, 3.8) is 0 Å². The maximum Gasteiger partial charge on any atom is 0.304 e. The molecule has 40 heavy (non-hydrogen) atoms. The average Bonchev–Trinajstić information content (AvgIpc) is 3.69. The first-order valence-electron chi connectivity index (χ1n) is 13.4. The number of amides is 2. The first kappa shape index (κ1) is 28.2. The third-order valence-electron chi connectivity index (χ3n) is 7.70. The van der Waals surface area contributed by atoms with E-state index in [4.69, 9.17) is 11.6 Å². The smallest absolute Gasteiger partial charge is 0.304 e. The molecule has 2 amide bonds. The second-order valence-electron chi connectivity index (χ2n) is 10.4. The molecule has 8 nitrogen and oxygen atoms in total. The molecular formula is C29H30ClFN4O4S. The van der Waals surface area contributed by atoms with Crippen LogP contribution in [-0.4, -0.2) is 46.5 Å². The number of carboxylic acid groups (broad SMARTS) is 1. The van der Waals surface area contributed by atoms with Gasteiger partial charge < -0.3 is 5.11 Å². The molecule has 3 aromatic rings. The largest absolute Gasteiger partial charge is 0.481 e. The lowest BCUT2D eigenvalue weighted by molar-refractivity contribution is -0.140. The van der Waals surface area contributed by atoms with E-state index in [0.717, 1.165) is 43.4 Å². The monoisotopic (exact) mass is 584 g/mol. The summed E-state index contributed by atoms with van der Waals surface area (Å²) in [6.07, 6.45) is 7.32. The molecule has 2 aromatic heterocycles. The van der Waals surface area contributed by atoms with Crippen molar-refractivity contribution in [1.82, 2.24) is 9.97 Å². The van der Waals surface area contributed by atoms with Crippen molar-refractivity contribution < 1.29 is 23.9 Å². The number of aromatic nitrogens is 2. The number of aliphatic carboxylic acids is 1. The Labute approximate surface area is 240 Å². The minimum absolute atomic E-state index is 0.0389. The highest BCUT2D eigenvalue weighted by atomic mass is 35.5. The molecule has 3 heterocycles. The third kappa shape index (κ3) is 6.02. The summed E-state index contributed by atoms with van der Waals surface area (Å²) in [5, 5.41) is 9.38. The number of rotatable bonds is 9. The molecule has 1 atom stereocenters. The summed E-state index contributed by atoms with van der Waals surface area (Å²) in [4.78, 5) is 48.9. The van der Waals surface area contributed by atoms with Gasteiger partial charge in [0.15, 0.2) is 5.13 Å². The van der Waals surface area contributed by atoms with Gasteiger partial charge in [-0.3, -0.25) is 24.2 Å². The summed E-state index contributed by atoms with van der Waals surface area (Å²) in [5.41, 5.74) is 1.82. The van der Waals surface area contributed by atoms with Crippen molar-refractivity contribution in [2.45, 2.75) is 51.4 Å². The van der Waals surface area contributed by atoms with Crippen LogP contribution in [0, 0.1) is 17.0 Å². The quantitative estimate of drug-likeness (QED) is 0.311. The fourth-order valence-electron chi connectivity index (χ4n) is 5.66. The van der Waals surface area contributed by atoms with E-state index in [2.05, 4.69) is 9.97 Å². The van der Waals surface area contributed by atoms with Crippen LogP contribution in [0.5, 0.6) is 0 Å². The number of hydrogen-bond acceptors (Lipinski definition) is 6. The molecule has 1 saturated carbocycles. The second kappa shape index (κ2) is 12.0. The van der Waals surface area contributed by atoms with Crippen LogP contribution in [0.2, 0.25) is 5.02 Å². The Morgan fingerprint density at radius 2 is 1.98 bits per heavy atom. The van der Waals surface area contributed by atoms with Crippen molar-refractivity contribution >= 4 is 51.7 Å². The summed E-state index contributed by atoms with van der Waals surface area (Å²) in [6, 6.07) is 8.65. The molecule has 210 valence electrons. The number of thiazole rings is 1. The van der Waals surface area contributed by atoms with Crippen LogP contribution in [0.15, 0.2) is 36.5 Å². The number of benzene rings is 1. The van der Waals surface area contributed by atoms with E-state index < -0.39 is 17.0 Å². The fourth-order valence-corrected chi connectivity index (χ4v) is 6.61. The number of hydrogen-bond donors (Lipinski definition) is 1. The lowest BCUT2D eigenvalue weighted by Crippen LogP contribution is -2.35. The molecular weight excluding hydrogens is 555 g/mol. The fraction of sp³-hybridized carbons (Fsp3) is 0.414. The molecule has 11 heteroatoms. The number of carbonyl (C=O) groups excluding carboxylic acids is 2. The van der Waals surface area contributed by atoms with Gasteiger partial charge >= 0.3 is 5.97 Å². The van der Waals surface area contributed by atoms with Crippen molar-refractivity contribution in [2.24, 2.45) is 11.8 Å². The summed E-state index contributed by atoms with van der Waals surface area (Å²) >= 11 is 7.03. The number of halogens is 2. The van der Waals surface area contributed by atoms with Crippen LogP contribution in [0.25, 0.3) is 22.4 Å². The van der Waals surface area contributed by atoms with Gasteiger partial charge in [0, 0.05) is 48.3 Å². The third-order valence-corrected chi connectivity index (χ3v) is 8.86. The minimum atomic E-state index is -1.03. The van der Waals surface area contributed by atoms with E-state index in [0.29, 0.717) is 52.8 Å². The predicted molar refractivity (Wildman–Crippen MR) is 153 cm³/mol. The predicted octanol–water partition coefficient (Wildman–Crippen LogP) is 6.43. The molecule has 0 spiro atoms. The Morgan fingerprint density at radius 1 is 1.20 bits per heavy atom. The van der Waals surface area contributed by atoms with Gasteiger partial charge in [-0.15, -0.1) is 0 Å². The first-order valence-corrected chi connectivity index (χ1v) is 14.6. The van der Waals surface area contributed by atoms with Crippen LogP contribution in [0.4, 0.5) is 15.3 Å². The normalized spacial score (nSPS) is 16.5. The molecule has 1 aliphatic heterocycles. The summed E-state index contributed by atoms with van der Waals surface area (Å²) in [5.74, 6) is -1.18. The van der Waals surface area contributed by atoms with E-state index in [-0.39, 0.29) is 29.1 Å². The van der Waals surface area contributed by atoms with E-state index in [1.165, 1.54) is 11.9 Å². The Morgan fingerprint density at radius 3 is 2.62 bits per heavy atom. The van der Waals surface area contributed by atoms with E-state index in [9.17, 15) is 19.5 Å². The lowest BCUT2D eigenvalue weighted by Gasteiger charge is -2.23. The molecule has 1 unspecified atom stereocenters. The lowest BCUT2D eigenvalue weighted by atomic mass is 9.90. The number of carboxylic acids is 1. The molecule has 2 fully saturated rings. The molecule has 1 saturated heterocycles. The van der Waals surface area contributed by atoms with Crippen LogP contribution in [0.3, 0.4) is 0 Å². The maximum absolute atomic E-state index is 15.4. The number of nitrogens with zero attached hydrogens (tertiary/aromatic N) is 4. The highest BCUT2D eigenvalue weighted by molar-refractivity contribution is 7.14. The van der Waals surface area contributed by atoms with Crippen LogP contribution in [-0.2, 0) is 14.4 Å². The van der Waals surface area contributed by atoms with Crippen molar-refractivity contribution in [1.29, 1.82) is 0 Å². The zero-order chi connectivity index (χ0) is 28.4. The summed E-state index contributed by atoms with van der Waals surface area (Å²) in [6.45, 7) is 0.629. The second-order valence-corrected chi connectivity index (χ2v) is 11.8. The van der Waals surface area contributed by atoms with Gasteiger partial charge in [0.2, 0.25) is 16.9 Å². The molecule has 0 bridgehead atoms. The number of carbonyl (C=O) groups is 3. The zero-order valence-electron chi connectivity index (χ0n) is 22.1. The van der Waals surface area contributed by atoms with Crippen molar-refractivity contribution in [3.8, 4) is 22.4 Å². The number of anilines is 2. The highest BCUT2D eigenvalue weighted by Gasteiger charge is 2.31. The SMILES string of the molecule is CN(C(=O)C(CC(=O)O)CC1CCCC1)c1nc(-c2cc(Cl)ccc2-c2ccc(N3CCCC3=O)nc2)c(F)s1. The minimum Gasteiger partial charge on any atom is -0.481 e. The van der Waals surface area contributed by atoms with Crippen molar-refractivity contribution in [2.75, 3.05) is 23.4 Å². The van der Waals surface area contributed by atoms with Gasteiger partial charge in [-0.05, 0) is 48.6 Å². The number of pyridine rings is 1.